The first-order valence-electron chi connectivity index (χ1n) is 7.53. The molecule has 20 heavy (non-hydrogen) atoms. The van der Waals surface area contributed by atoms with E-state index in [1.807, 2.05) is 0 Å². The maximum absolute atomic E-state index is 12.2. The lowest BCUT2D eigenvalue weighted by molar-refractivity contribution is -0.121. The van der Waals surface area contributed by atoms with Crippen LogP contribution in [0.15, 0.2) is 17.5 Å². The third-order valence-electron chi connectivity index (χ3n) is 3.82. The Kier molecular flexibility index (Phi) is 5.22. The first kappa shape index (κ1) is 15.5. The van der Waals surface area contributed by atoms with E-state index in [-0.39, 0.29) is 17.5 Å². The second-order valence-corrected chi connectivity index (χ2v) is 7.69. The molecule has 0 saturated heterocycles. The van der Waals surface area contributed by atoms with Crippen LogP contribution in [-0.4, -0.2) is 18.0 Å². The minimum Gasteiger partial charge on any atom is -0.347 e. The Bertz CT molecular complexity index is 416. The number of nitrogens with one attached hydrogen (secondary N) is 2. The van der Waals surface area contributed by atoms with E-state index in [1.165, 1.54) is 30.6 Å². The van der Waals surface area contributed by atoms with Gasteiger partial charge in [-0.1, -0.05) is 18.9 Å². The molecule has 0 aromatic carbocycles. The zero-order chi connectivity index (χ0) is 14.6. The number of hydrogen-bond donors (Lipinski definition) is 2. The topological polar surface area (TPSA) is 41.1 Å². The summed E-state index contributed by atoms with van der Waals surface area (Å²) in [6.07, 6.45) is 5.05. The minimum atomic E-state index is -0.0247. The predicted molar refractivity (Wildman–Crippen MR) is 84.9 cm³/mol. The van der Waals surface area contributed by atoms with Crippen molar-refractivity contribution in [1.82, 2.24) is 10.6 Å². The van der Waals surface area contributed by atoms with Crippen LogP contribution in [0.3, 0.4) is 0 Å². The van der Waals surface area contributed by atoms with Crippen molar-refractivity contribution in [1.29, 1.82) is 0 Å². The summed E-state index contributed by atoms with van der Waals surface area (Å²) in [5.74, 6) is 0.706. The second-order valence-electron chi connectivity index (χ2n) is 6.71. The van der Waals surface area contributed by atoms with Gasteiger partial charge in [0.2, 0.25) is 5.91 Å². The average molecular weight is 294 g/mol. The predicted octanol–water partition coefficient (Wildman–Crippen LogP) is 3.48. The van der Waals surface area contributed by atoms with Crippen molar-refractivity contribution in [3.63, 3.8) is 0 Å². The van der Waals surface area contributed by atoms with Crippen LogP contribution in [0.4, 0.5) is 0 Å². The number of rotatable bonds is 5. The van der Waals surface area contributed by atoms with Crippen LogP contribution in [0.2, 0.25) is 0 Å². The molecule has 1 aliphatic rings. The molecule has 1 aromatic heterocycles. The number of hydrogen-bond acceptors (Lipinski definition) is 3. The van der Waals surface area contributed by atoms with Gasteiger partial charge in [0, 0.05) is 10.4 Å². The van der Waals surface area contributed by atoms with Gasteiger partial charge >= 0.3 is 0 Å². The summed E-state index contributed by atoms with van der Waals surface area (Å²) in [4.78, 5) is 13.5. The first-order chi connectivity index (χ1) is 9.46. The minimum absolute atomic E-state index is 0.0247. The van der Waals surface area contributed by atoms with Crippen LogP contribution in [0.1, 0.15) is 57.4 Å². The molecule has 1 aromatic rings. The lowest BCUT2D eigenvalue weighted by Gasteiger charge is -2.25. The molecular formula is C16H26N2OS. The Labute approximate surface area is 126 Å². The molecule has 1 heterocycles. The highest BCUT2D eigenvalue weighted by atomic mass is 32.1. The summed E-state index contributed by atoms with van der Waals surface area (Å²) >= 11 is 1.75. The Hall–Kier alpha value is -0.870. The Balaban J connectivity index is 1.95. The molecule has 4 heteroatoms. The monoisotopic (exact) mass is 294 g/mol. The van der Waals surface area contributed by atoms with E-state index in [0.29, 0.717) is 12.5 Å². The lowest BCUT2D eigenvalue weighted by Crippen LogP contribution is -2.44. The van der Waals surface area contributed by atoms with Gasteiger partial charge in [-0.15, -0.1) is 11.3 Å². The molecule has 0 aliphatic heterocycles. The van der Waals surface area contributed by atoms with Crippen molar-refractivity contribution in [3.05, 3.63) is 22.4 Å². The van der Waals surface area contributed by atoms with Crippen molar-refractivity contribution in [2.45, 2.75) is 58.0 Å². The Morgan fingerprint density at radius 3 is 2.65 bits per heavy atom. The van der Waals surface area contributed by atoms with E-state index in [1.54, 1.807) is 11.3 Å². The number of carbonyl (C=O) groups is 1. The molecule has 0 radical (unpaired) electrons. The van der Waals surface area contributed by atoms with E-state index in [4.69, 9.17) is 0 Å². The fourth-order valence-electron chi connectivity index (χ4n) is 2.75. The normalized spacial score (nSPS) is 18.1. The molecule has 1 unspecified atom stereocenters. The molecule has 1 aliphatic carbocycles. The fourth-order valence-corrected chi connectivity index (χ4v) is 3.62. The van der Waals surface area contributed by atoms with E-state index in [2.05, 4.69) is 48.9 Å². The maximum atomic E-state index is 12.2. The molecule has 1 atom stereocenters. The van der Waals surface area contributed by atoms with Gasteiger partial charge in [-0.05, 0) is 51.0 Å². The molecule has 2 rings (SSSR count). The van der Waals surface area contributed by atoms with Gasteiger partial charge < -0.3 is 10.6 Å². The Morgan fingerprint density at radius 2 is 2.10 bits per heavy atom. The van der Waals surface area contributed by atoms with Crippen molar-refractivity contribution in [3.8, 4) is 0 Å². The van der Waals surface area contributed by atoms with Crippen LogP contribution in [-0.2, 0) is 4.79 Å². The summed E-state index contributed by atoms with van der Waals surface area (Å²) in [5, 5.41) is 8.59. The summed E-state index contributed by atoms with van der Waals surface area (Å²) < 4.78 is 0. The zero-order valence-corrected chi connectivity index (χ0v) is 13.6. The SMILES string of the molecule is CC(C)(C)NCC(=O)NC(c1cccs1)C1CCCC1. The molecule has 1 fully saturated rings. The van der Waals surface area contributed by atoms with E-state index in [9.17, 15) is 4.79 Å². The highest BCUT2D eigenvalue weighted by Gasteiger charge is 2.28. The van der Waals surface area contributed by atoms with Gasteiger partial charge in [-0.3, -0.25) is 4.79 Å². The molecule has 0 bridgehead atoms. The summed E-state index contributed by atoms with van der Waals surface area (Å²) in [6.45, 7) is 6.62. The van der Waals surface area contributed by atoms with Crippen LogP contribution in [0.5, 0.6) is 0 Å². The van der Waals surface area contributed by atoms with Crippen molar-refractivity contribution >= 4 is 17.2 Å². The van der Waals surface area contributed by atoms with Crippen LogP contribution < -0.4 is 10.6 Å². The summed E-state index contributed by atoms with van der Waals surface area (Å²) in [7, 11) is 0. The highest BCUT2D eigenvalue weighted by Crippen LogP contribution is 2.37. The quantitative estimate of drug-likeness (QED) is 0.873. The van der Waals surface area contributed by atoms with E-state index < -0.39 is 0 Å². The highest BCUT2D eigenvalue weighted by molar-refractivity contribution is 7.10. The molecule has 3 nitrogen and oxygen atoms in total. The van der Waals surface area contributed by atoms with Gasteiger partial charge in [-0.2, -0.15) is 0 Å². The largest absolute Gasteiger partial charge is 0.347 e. The molecule has 1 saturated carbocycles. The summed E-state index contributed by atoms with van der Waals surface area (Å²) in [6, 6.07) is 4.42. The molecule has 0 spiro atoms. The standard InChI is InChI=1S/C16H26N2OS/c1-16(2,3)17-11-14(19)18-15(12-7-4-5-8-12)13-9-6-10-20-13/h6,9-10,12,15,17H,4-5,7-8,11H2,1-3H3,(H,18,19). The molecular weight excluding hydrogens is 268 g/mol. The van der Waals surface area contributed by atoms with Gasteiger partial charge in [0.1, 0.15) is 0 Å². The zero-order valence-electron chi connectivity index (χ0n) is 12.7. The summed E-state index contributed by atoms with van der Waals surface area (Å²) in [5.41, 5.74) is -0.0247. The van der Waals surface area contributed by atoms with Gasteiger partial charge in [-0.25, -0.2) is 0 Å². The molecule has 1 amide bonds. The average Bonchev–Trinajstić information content (AvgIpc) is 3.05. The van der Waals surface area contributed by atoms with E-state index in [0.717, 1.165) is 0 Å². The van der Waals surface area contributed by atoms with E-state index >= 15 is 0 Å². The molecule has 2 N–H and O–H groups in total. The first-order valence-corrected chi connectivity index (χ1v) is 8.41. The lowest BCUT2D eigenvalue weighted by atomic mass is 9.96. The third kappa shape index (κ3) is 4.60. The fraction of sp³-hybridized carbons (Fsp3) is 0.688. The van der Waals surface area contributed by atoms with Gasteiger partial charge in [0.05, 0.1) is 12.6 Å². The van der Waals surface area contributed by atoms with Crippen molar-refractivity contribution in [2.24, 2.45) is 5.92 Å². The molecule has 112 valence electrons. The van der Waals surface area contributed by atoms with Crippen molar-refractivity contribution in [2.75, 3.05) is 6.54 Å². The van der Waals surface area contributed by atoms with Crippen LogP contribution >= 0.6 is 11.3 Å². The van der Waals surface area contributed by atoms with Gasteiger partial charge in [0.25, 0.3) is 0 Å². The Morgan fingerprint density at radius 1 is 1.40 bits per heavy atom. The van der Waals surface area contributed by atoms with Gasteiger partial charge in [0.15, 0.2) is 0 Å². The van der Waals surface area contributed by atoms with Crippen LogP contribution in [0, 0.1) is 5.92 Å². The number of carbonyl (C=O) groups excluding carboxylic acids is 1. The third-order valence-corrected chi connectivity index (χ3v) is 4.77. The number of thiophene rings is 1. The maximum Gasteiger partial charge on any atom is 0.234 e. The number of amides is 1. The second kappa shape index (κ2) is 6.72. The smallest absolute Gasteiger partial charge is 0.234 e. The van der Waals surface area contributed by atoms with Crippen LogP contribution in [0.25, 0.3) is 0 Å². The van der Waals surface area contributed by atoms with Crippen molar-refractivity contribution < 1.29 is 4.79 Å².